The van der Waals surface area contributed by atoms with Gasteiger partial charge in [0.2, 0.25) is 15.9 Å². The number of nitrogens with zero attached hydrogens (tertiary/aromatic N) is 2. The number of thioether (sulfide) groups is 1. The molecule has 1 saturated heterocycles. The van der Waals surface area contributed by atoms with Crippen molar-refractivity contribution in [2.24, 2.45) is 5.73 Å². The summed E-state index contributed by atoms with van der Waals surface area (Å²) in [5.41, 5.74) is 6.81. The number of hydrogen-bond acceptors (Lipinski definition) is 7. The van der Waals surface area contributed by atoms with Crippen molar-refractivity contribution in [3.05, 3.63) is 35.5 Å². The Morgan fingerprint density at radius 3 is 2.63 bits per heavy atom. The van der Waals surface area contributed by atoms with Crippen LogP contribution in [0.25, 0.3) is 0 Å². The van der Waals surface area contributed by atoms with Gasteiger partial charge >= 0.3 is 0 Å². The minimum atomic E-state index is -3.25. The highest BCUT2D eigenvalue weighted by molar-refractivity contribution is 8.01. The van der Waals surface area contributed by atoms with Crippen LogP contribution >= 0.6 is 23.1 Å². The van der Waals surface area contributed by atoms with E-state index < -0.39 is 15.9 Å². The summed E-state index contributed by atoms with van der Waals surface area (Å²) in [4.78, 5) is 27.6. The molecule has 0 spiro atoms. The van der Waals surface area contributed by atoms with Crippen molar-refractivity contribution in [1.29, 1.82) is 0 Å². The second kappa shape index (κ2) is 7.87. The molecule has 3 rings (SSSR count). The predicted octanol–water partition coefficient (Wildman–Crippen LogP) is 1.82. The first-order chi connectivity index (χ1) is 12.8. The Morgan fingerprint density at radius 2 is 2.04 bits per heavy atom. The van der Waals surface area contributed by atoms with E-state index in [9.17, 15) is 18.0 Å². The van der Waals surface area contributed by atoms with Gasteiger partial charge in [-0.15, -0.1) is 11.8 Å². The first-order valence-corrected chi connectivity index (χ1v) is 11.5. The zero-order valence-electron chi connectivity index (χ0n) is 14.5. The molecule has 1 aromatic heterocycles. The molecule has 8 nitrogen and oxygen atoms in total. The van der Waals surface area contributed by atoms with E-state index in [0.717, 1.165) is 9.90 Å². The fourth-order valence-electron chi connectivity index (χ4n) is 2.58. The van der Waals surface area contributed by atoms with Crippen LogP contribution in [0.4, 0.5) is 10.8 Å². The van der Waals surface area contributed by atoms with E-state index in [1.54, 1.807) is 31.2 Å². The molecule has 2 aromatic rings. The second-order valence-corrected chi connectivity index (χ2v) is 10.1. The van der Waals surface area contributed by atoms with Crippen LogP contribution in [0, 0.1) is 6.92 Å². The molecule has 11 heteroatoms. The van der Waals surface area contributed by atoms with Crippen molar-refractivity contribution in [1.82, 2.24) is 4.98 Å². The average Bonchev–Trinajstić information content (AvgIpc) is 3.14. The predicted molar refractivity (Wildman–Crippen MR) is 107 cm³/mol. The molecule has 1 fully saturated rings. The molecule has 3 N–H and O–H groups in total. The number of anilines is 2. The van der Waals surface area contributed by atoms with Gasteiger partial charge in [0.05, 0.1) is 27.1 Å². The molecule has 0 bridgehead atoms. The summed E-state index contributed by atoms with van der Waals surface area (Å²) < 4.78 is 26.1. The maximum atomic E-state index is 12.4. The third kappa shape index (κ3) is 4.60. The summed E-state index contributed by atoms with van der Waals surface area (Å²) in [5, 5.41) is 3.15. The molecule has 1 aliphatic heterocycles. The molecule has 1 aliphatic rings. The lowest BCUT2D eigenvalue weighted by Gasteiger charge is -2.16. The van der Waals surface area contributed by atoms with E-state index in [2.05, 4.69) is 10.3 Å². The lowest BCUT2D eigenvalue weighted by molar-refractivity contribution is -0.115. The highest BCUT2D eigenvalue weighted by Crippen LogP contribution is 2.32. The molecule has 27 heavy (non-hydrogen) atoms. The van der Waals surface area contributed by atoms with Crippen LogP contribution in [0.3, 0.4) is 0 Å². The maximum absolute atomic E-state index is 12.4. The Balaban J connectivity index is 1.68. The van der Waals surface area contributed by atoms with Crippen molar-refractivity contribution in [2.45, 2.75) is 17.6 Å². The summed E-state index contributed by atoms with van der Waals surface area (Å²) in [5.74, 6) is -0.462. The van der Waals surface area contributed by atoms with Crippen LogP contribution in [-0.2, 0) is 14.8 Å². The number of sulfonamides is 1. The van der Waals surface area contributed by atoms with Gasteiger partial charge in [-0.25, -0.2) is 13.4 Å². The molecule has 0 saturated carbocycles. The fraction of sp³-hybridized carbons (Fsp3) is 0.312. The first kappa shape index (κ1) is 19.6. The minimum absolute atomic E-state index is 0.148. The number of carbonyl (C=O) groups is 2. The highest BCUT2D eigenvalue weighted by Gasteiger charge is 2.28. The normalized spacial score (nSPS) is 15.7. The van der Waals surface area contributed by atoms with Crippen LogP contribution in [-0.4, -0.2) is 43.3 Å². The number of nitrogens with two attached hydrogens (primary N) is 1. The third-order valence-corrected chi connectivity index (χ3v) is 8.16. The lowest BCUT2D eigenvalue weighted by Crippen LogP contribution is -2.25. The number of thiazole rings is 1. The van der Waals surface area contributed by atoms with Gasteiger partial charge in [-0.2, -0.15) is 0 Å². The zero-order valence-corrected chi connectivity index (χ0v) is 16.9. The van der Waals surface area contributed by atoms with Crippen molar-refractivity contribution in [2.75, 3.05) is 27.7 Å². The first-order valence-electron chi connectivity index (χ1n) is 8.06. The second-order valence-electron chi connectivity index (χ2n) is 5.89. The fourth-order valence-corrected chi connectivity index (χ4v) is 6.02. The van der Waals surface area contributed by atoms with Crippen molar-refractivity contribution in [3.8, 4) is 0 Å². The van der Waals surface area contributed by atoms with E-state index in [0.29, 0.717) is 29.3 Å². The smallest absolute Gasteiger partial charge is 0.257 e. The standard InChI is InChI=1S/C16H18N4O4S3/c1-10-15(25-9-13(17)21)26-16(18-10)19-14(22)11-3-5-12(6-4-11)20-7-2-8-27(20,23)24/h3-6H,2,7-9H2,1H3,(H2,17,21)(H,18,19,22). The van der Waals surface area contributed by atoms with Gasteiger partial charge in [0.25, 0.3) is 5.91 Å². The van der Waals surface area contributed by atoms with Crippen LogP contribution in [0.1, 0.15) is 22.5 Å². The highest BCUT2D eigenvalue weighted by atomic mass is 32.2. The number of aryl methyl sites for hydroxylation is 1. The molecular formula is C16H18N4O4S3. The van der Waals surface area contributed by atoms with Gasteiger partial charge in [-0.1, -0.05) is 11.3 Å². The Bertz CT molecular complexity index is 970. The number of hydrogen-bond donors (Lipinski definition) is 2. The van der Waals surface area contributed by atoms with Crippen molar-refractivity contribution < 1.29 is 18.0 Å². The molecule has 144 valence electrons. The zero-order chi connectivity index (χ0) is 19.6. The van der Waals surface area contributed by atoms with Gasteiger partial charge in [-0.3, -0.25) is 19.2 Å². The molecule has 1 aromatic carbocycles. The molecule has 2 amide bonds. The third-order valence-electron chi connectivity index (χ3n) is 3.84. The topological polar surface area (TPSA) is 122 Å². The number of amides is 2. The van der Waals surface area contributed by atoms with Crippen LogP contribution in [0.15, 0.2) is 28.5 Å². The molecular weight excluding hydrogens is 408 g/mol. The van der Waals surface area contributed by atoms with Crippen molar-refractivity contribution >= 4 is 55.8 Å². The van der Waals surface area contributed by atoms with Crippen molar-refractivity contribution in [3.63, 3.8) is 0 Å². The Hall–Kier alpha value is -2.11. The summed E-state index contributed by atoms with van der Waals surface area (Å²) in [7, 11) is -3.25. The average molecular weight is 427 g/mol. The van der Waals surface area contributed by atoms with E-state index in [4.69, 9.17) is 5.73 Å². The minimum Gasteiger partial charge on any atom is -0.369 e. The number of nitrogens with one attached hydrogen (secondary N) is 1. The molecule has 0 radical (unpaired) electrons. The van der Waals surface area contributed by atoms with E-state index >= 15 is 0 Å². The Kier molecular flexibility index (Phi) is 5.72. The number of aromatic nitrogens is 1. The lowest BCUT2D eigenvalue weighted by atomic mass is 10.2. The molecule has 0 unspecified atom stereocenters. The monoisotopic (exact) mass is 426 g/mol. The van der Waals surface area contributed by atoms with E-state index in [1.807, 2.05) is 0 Å². The van der Waals surface area contributed by atoms with Gasteiger partial charge in [0.15, 0.2) is 5.13 Å². The van der Waals surface area contributed by atoms with Gasteiger partial charge in [0.1, 0.15) is 0 Å². The Morgan fingerprint density at radius 1 is 1.33 bits per heavy atom. The van der Waals surface area contributed by atoms with Crippen LogP contribution in [0.5, 0.6) is 0 Å². The SMILES string of the molecule is Cc1nc(NC(=O)c2ccc(N3CCCS3(=O)=O)cc2)sc1SCC(N)=O. The number of carbonyl (C=O) groups excluding carboxylic acids is 2. The number of rotatable bonds is 6. The largest absolute Gasteiger partial charge is 0.369 e. The van der Waals surface area contributed by atoms with E-state index in [-0.39, 0.29) is 17.4 Å². The molecule has 0 aliphatic carbocycles. The van der Waals surface area contributed by atoms with Gasteiger partial charge in [-0.05, 0) is 37.6 Å². The van der Waals surface area contributed by atoms with Crippen LogP contribution < -0.4 is 15.4 Å². The summed E-state index contributed by atoms with van der Waals surface area (Å²) >= 11 is 2.55. The summed E-state index contributed by atoms with van der Waals surface area (Å²) in [6, 6.07) is 6.42. The number of primary amides is 1. The molecule has 2 heterocycles. The number of benzene rings is 1. The summed E-state index contributed by atoms with van der Waals surface area (Å²) in [6.07, 6.45) is 0.601. The van der Waals surface area contributed by atoms with Gasteiger partial charge < -0.3 is 5.73 Å². The van der Waals surface area contributed by atoms with Crippen LogP contribution in [0.2, 0.25) is 0 Å². The quantitative estimate of drug-likeness (QED) is 0.680. The molecule has 0 atom stereocenters. The Labute approximate surface area is 165 Å². The van der Waals surface area contributed by atoms with Gasteiger partial charge in [0, 0.05) is 12.1 Å². The maximum Gasteiger partial charge on any atom is 0.257 e. The van der Waals surface area contributed by atoms with E-state index in [1.165, 1.54) is 27.4 Å². The summed E-state index contributed by atoms with van der Waals surface area (Å²) in [6.45, 7) is 2.25.